The summed E-state index contributed by atoms with van der Waals surface area (Å²) < 4.78 is 4.69. The molecule has 0 unspecified atom stereocenters. The number of thiazole rings is 1. The molecule has 0 aliphatic carbocycles. The normalized spacial score (nSPS) is 11.4. The summed E-state index contributed by atoms with van der Waals surface area (Å²) in [4.78, 5) is 14.7. The van der Waals surface area contributed by atoms with Gasteiger partial charge < -0.3 is 0 Å². The summed E-state index contributed by atoms with van der Waals surface area (Å²) in [6.45, 7) is 4.68. The van der Waals surface area contributed by atoms with Crippen LogP contribution in [0.5, 0.6) is 0 Å². The highest BCUT2D eigenvalue weighted by Gasteiger charge is 2.18. The first-order valence-corrected chi connectivity index (χ1v) is 11.1. The third-order valence-corrected chi connectivity index (χ3v) is 6.94. The van der Waals surface area contributed by atoms with Crippen LogP contribution in [0.3, 0.4) is 0 Å². The van der Waals surface area contributed by atoms with Gasteiger partial charge in [0, 0.05) is 0 Å². The lowest BCUT2D eigenvalue weighted by Gasteiger charge is -2.15. The molecule has 2 heterocycles. The summed E-state index contributed by atoms with van der Waals surface area (Å²) in [6.07, 6.45) is 0. The maximum Gasteiger partial charge on any atom is 0.261 e. The molecule has 3 aromatic carbocycles. The molecule has 0 saturated heterocycles. The van der Waals surface area contributed by atoms with Gasteiger partial charge >= 0.3 is 0 Å². The zero-order valence-electron chi connectivity index (χ0n) is 16.8. The molecular weight excluding hydrogens is 408 g/mol. The number of hydrogen-bond acceptors (Lipinski definition) is 3. The summed E-state index contributed by atoms with van der Waals surface area (Å²) >= 11 is 7.34. The number of aryl methyl sites for hydroxylation is 2. The van der Waals surface area contributed by atoms with Gasteiger partial charge in [-0.15, -0.1) is 11.3 Å². The number of fused-ring (bicyclic) bond motifs is 3. The number of rotatable bonds is 3. The minimum Gasteiger partial charge on any atom is -0.288 e. The monoisotopic (exact) mass is 428 g/mol. The molecule has 3 nitrogen and oxygen atoms in total. The fourth-order valence-electron chi connectivity index (χ4n) is 3.98. The Kier molecular flexibility index (Phi) is 4.65. The van der Waals surface area contributed by atoms with E-state index in [2.05, 4.69) is 48.6 Å². The lowest BCUT2D eigenvalue weighted by molar-refractivity contribution is 0.775. The van der Waals surface area contributed by atoms with Crippen molar-refractivity contribution >= 4 is 40.1 Å². The molecule has 5 heteroatoms. The fraction of sp³-hybridized carbons (Fsp3) is 0.120. The Morgan fingerprint density at radius 2 is 1.67 bits per heavy atom. The first kappa shape index (κ1) is 19.0. The van der Waals surface area contributed by atoms with Crippen LogP contribution in [-0.2, 0) is 6.54 Å². The summed E-state index contributed by atoms with van der Waals surface area (Å²) in [6, 6.07) is 24.3. The van der Waals surface area contributed by atoms with Crippen LogP contribution in [0.15, 0.2) is 77.6 Å². The average Bonchev–Trinajstić information content (AvgIpc) is 3.11. The molecule has 0 radical (unpaired) electrons. The van der Waals surface area contributed by atoms with Crippen molar-refractivity contribution in [1.29, 1.82) is 0 Å². The number of hydrogen-bond donors (Lipinski definition) is 0. The van der Waals surface area contributed by atoms with Crippen molar-refractivity contribution in [1.82, 2.24) is 8.97 Å². The Morgan fingerprint density at radius 3 is 2.47 bits per heavy atom. The minimum atomic E-state index is 0.0106. The third-order valence-electron chi connectivity index (χ3n) is 5.53. The van der Waals surface area contributed by atoms with E-state index in [4.69, 9.17) is 12.2 Å². The Morgan fingerprint density at radius 1 is 0.933 bits per heavy atom. The van der Waals surface area contributed by atoms with Crippen molar-refractivity contribution in [3.63, 3.8) is 0 Å². The molecule has 0 amide bonds. The van der Waals surface area contributed by atoms with E-state index < -0.39 is 0 Å². The van der Waals surface area contributed by atoms with Gasteiger partial charge in [0.25, 0.3) is 5.56 Å². The Balaban J connectivity index is 1.92. The van der Waals surface area contributed by atoms with Crippen molar-refractivity contribution in [3.05, 3.63) is 104 Å². The Hall–Kier alpha value is -3.02. The van der Waals surface area contributed by atoms with E-state index in [1.54, 1.807) is 11.3 Å². The van der Waals surface area contributed by atoms with Crippen LogP contribution >= 0.6 is 23.6 Å². The van der Waals surface area contributed by atoms with Crippen LogP contribution in [0.25, 0.3) is 27.0 Å². The highest BCUT2D eigenvalue weighted by molar-refractivity contribution is 7.73. The van der Waals surface area contributed by atoms with Crippen molar-refractivity contribution in [2.24, 2.45) is 0 Å². The topological polar surface area (TPSA) is 26.4 Å². The highest BCUT2D eigenvalue weighted by atomic mass is 32.1. The van der Waals surface area contributed by atoms with Gasteiger partial charge in [-0.3, -0.25) is 13.8 Å². The van der Waals surface area contributed by atoms with Gasteiger partial charge in [0.2, 0.25) is 0 Å². The molecule has 0 bridgehead atoms. The van der Waals surface area contributed by atoms with Crippen molar-refractivity contribution in [2.75, 3.05) is 0 Å². The van der Waals surface area contributed by atoms with Crippen LogP contribution in [0, 0.1) is 17.8 Å². The van der Waals surface area contributed by atoms with Gasteiger partial charge in [0.1, 0.15) is 5.65 Å². The summed E-state index contributed by atoms with van der Waals surface area (Å²) in [5.74, 6) is 0. The number of nitrogens with zero attached hydrogens (tertiary/aromatic N) is 2. The maximum absolute atomic E-state index is 13.7. The smallest absolute Gasteiger partial charge is 0.261 e. The van der Waals surface area contributed by atoms with Crippen molar-refractivity contribution in [2.45, 2.75) is 20.4 Å². The molecule has 5 aromatic rings. The van der Waals surface area contributed by atoms with Crippen LogP contribution in [0.1, 0.15) is 16.7 Å². The Bertz CT molecular complexity index is 1520. The number of aromatic nitrogens is 2. The maximum atomic E-state index is 13.7. The first-order chi connectivity index (χ1) is 14.5. The van der Waals surface area contributed by atoms with Gasteiger partial charge in [-0.25, -0.2) is 0 Å². The quantitative estimate of drug-likeness (QED) is 0.312. The summed E-state index contributed by atoms with van der Waals surface area (Å²) in [5.41, 5.74) is 6.31. The molecule has 148 valence electrons. The molecule has 0 aliphatic heterocycles. The predicted octanol–water partition coefficient (Wildman–Crippen LogP) is 6.38. The minimum absolute atomic E-state index is 0.0106. The molecule has 0 spiro atoms. The van der Waals surface area contributed by atoms with E-state index in [0.717, 1.165) is 31.1 Å². The second-order valence-electron chi connectivity index (χ2n) is 7.56. The molecular formula is C25H20N2OS2. The van der Waals surface area contributed by atoms with Crippen LogP contribution in [0.2, 0.25) is 0 Å². The third kappa shape index (κ3) is 3.02. The first-order valence-electron chi connectivity index (χ1n) is 9.83. The lowest BCUT2D eigenvalue weighted by atomic mass is 10.1. The van der Waals surface area contributed by atoms with E-state index in [0.29, 0.717) is 11.9 Å². The van der Waals surface area contributed by atoms with Crippen LogP contribution in [0.4, 0.5) is 0 Å². The second kappa shape index (κ2) is 7.35. The fourth-order valence-corrected chi connectivity index (χ4v) is 5.41. The predicted molar refractivity (Wildman–Crippen MR) is 128 cm³/mol. The average molecular weight is 429 g/mol. The summed E-state index contributed by atoms with van der Waals surface area (Å²) in [7, 11) is 0. The van der Waals surface area contributed by atoms with Crippen molar-refractivity contribution < 1.29 is 0 Å². The van der Waals surface area contributed by atoms with Gasteiger partial charge in [0.15, 0.2) is 3.95 Å². The molecule has 30 heavy (non-hydrogen) atoms. The second-order valence-corrected chi connectivity index (χ2v) is 9.20. The van der Waals surface area contributed by atoms with Crippen LogP contribution < -0.4 is 5.56 Å². The lowest BCUT2D eigenvalue weighted by Crippen LogP contribution is -2.24. The molecule has 0 saturated carbocycles. The van der Waals surface area contributed by atoms with Gasteiger partial charge in [-0.05, 0) is 54.9 Å². The summed E-state index contributed by atoms with van der Waals surface area (Å²) in [5, 5.41) is 0.684. The molecule has 0 fully saturated rings. The zero-order valence-corrected chi connectivity index (χ0v) is 18.4. The number of para-hydroxylation sites is 1. The molecule has 0 N–H and O–H groups in total. The SMILES string of the molecule is Cc1ccc(C)c(Cn2c(=O)c3ccccc3n3c(=S)sc(-c4ccccc4)c23)c1. The van der Waals surface area contributed by atoms with Gasteiger partial charge in [-0.2, -0.15) is 0 Å². The molecule has 2 aromatic heterocycles. The molecule has 0 aliphatic rings. The van der Waals surface area contributed by atoms with Crippen molar-refractivity contribution in [3.8, 4) is 10.4 Å². The van der Waals surface area contributed by atoms with E-state index in [9.17, 15) is 4.79 Å². The number of benzene rings is 3. The van der Waals surface area contributed by atoms with Crippen LogP contribution in [-0.4, -0.2) is 8.97 Å². The molecule has 5 rings (SSSR count). The van der Waals surface area contributed by atoms with E-state index >= 15 is 0 Å². The van der Waals surface area contributed by atoms with E-state index in [-0.39, 0.29) is 5.56 Å². The van der Waals surface area contributed by atoms with Gasteiger partial charge in [-0.1, -0.05) is 66.2 Å². The standard InChI is InChI=1S/C25H20N2OS2/c1-16-12-13-17(2)19(14-16)15-26-23-22(18-8-4-3-5-9-18)30-25(29)27(23)21-11-7-6-10-20(21)24(26)28/h3-14H,15H2,1-2H3. The van der Waals surface area contributed by atoms with E-state index in [1.165, 1.54) is 11.1 Å². The largest absolute Gasteiger partial charge is 0.288 e. The van der Waals surface area contributed by atoms with E-state index in [1.807, 2.05) is 47.0 Å². The Labute approximate surface area is 183 Å². The molecule has 0 atom stereocenters. The highest BCUT2D eigenvalue weighted by Crippen LogP contribution is 2.33. The zero-order chi connectivity index (χ0) is 20.8. The van der Waals surface area contributed by atoms with Gasteiger partial charge in [0.05, 0.1) is 22.3 Å².